The zero-order valence-electron chi connectivity index (χ0n) is 15.4. The average Bonchev–Trinajstić information content (AvgIpc) is 2.96. The van der Waals surface area contributed by atoms with E-state index in [-0.39, 0.29) is 11.6 Å². The molecular weight excluding hydrogens is 527 g/mol. The van der Waals surface area contributed by atoms with Crippen LogP contribution in [-0.4, -0.2) is 28.9 Å². The first kappa shape index (κ1) is 21.5. The van der Waals surface area contributed by atoms with Crippen molar-refractivity contribution in [3.63, 3.8) is 0 Å². The molecular formula is C19H15IN2O5S2. The van der Waals surface area contributed by atoms with Gasteiger partial charge in [-0.2, -0.15) is 0 Å². The van der Waals surface area contributed by atoms with E-state index in [1.165, 1.54) is 23.1 Å². The second-order valence-electron chi connectivity index (χ2n) is 5.76. The quantitative estimate of drug-likeness (QED) is 0.167. The molecule has 0 aliphatic carbocycles. The van der Waals surface area contributed by atoms with E-state index in [2.05, 4.69) is 22.6 Å². The maximum Gasteiger partial charge on any atom is 0.271 e. The summed E-state index contributed by atoms with van der Waals surface area (Å²) >= 11 is 8.64. The molecule has 0 spiro atoms. The fourth-order valence-corrected chi connectivity index (χ4v) is 4.77. The van der Waals surface area contributed by atoms with Gasteiger partial charge < -0.3 is 9.47 Å². The van der Waals surface area contributed by atoms with Crippen LogP contribution in [0.2, 0.25) is 0 Å². The number of carbonyl (C=O) groups excluding carboxylic acids is 1. The van der Waals surface area contributed by atoms with E-state index < -0.39 is 4.92 Å². The predicted molar refractivity (Wildman–Crippen MR) is 126 cm³/mol. The number of hydrogen-bond acceptors (Lipinski definition) is 7. The number of nitro groups is 1. The first-order valence-corrected chi connectivity index (χ1v) is 10.7. The highest BCUT2D eigenvalue weighted by atomic mass is 127. The highest BCUT2D eigenvalue weighted by Gasteiger charge is 2.34. The monoisotopic (exact) mass is 542 g/mol. The molecule has 0 aromatic heterocycles. The number of hydrogen-bond donors (Lipinski definition) is 0. The Morgan fingerprint density at radius 3 is 2.76 bits per heavy atom. The largest absolute Gasteiger partial charge is 0.493 e. The Morgan fingerprint density at radius 1 is 1.34 bits per heavy atom. The molecule has 3 rings (SSSR count). The minimum atomic E-state index is -0.509. The second kappa shape index (κ2) is 9.09. The van der Waals surface area contributed by atoms with E-state index in [9.17, 15) is 14.9 Å². The van der Waals surface area contributed by atoms with Gasteiger partial charge in [-0.3, -0.25) is 19.8 Å². The normalized spacial score (nSPS) is 15.1. The lowest BCUT2D eigenvalue weighted by Crippen LogP contribution is -2.27. The van der Waals surface area contributed by atoms with E-state index in [0.717, 1.165) is 20.9 Å². The molecule has 29 heavy (non-hydrogen) atoms. The number of thiocarbonyl (C=S) groups is 1. The number of anilines is 1. The van der Waals surface area contributed by atoms with Gasteiger partial charge in [0, 0.05) is 12.1 Å². The maximum atomic E-state index is 12.9. The Hall–Kier alpha value is -2.18. The lowest BCUT2D eigenvalue weighted by molar-refractivity contribution is -0.384. The van der Waals surface area contributed by atoms with Crippen LogP contribution in [0.15, 0.2) is 41.3 Å². The number of carbonyl (C=O) groups is 1. The van der Waals surface area contributed by atoms with Gasteiger partial charge >= 0.3 is 0 Å². The second-order valence-corrected chi connectivity index (χ2v) is 8.60. The van der Waals surface area contributed by atoms with E-state index in [1.54, 1.807) is 25.3 Å². The molecule has 0 N–H and O–H groups in total. The summed E-state index contributed by atoms with van der Waals surface area (Å²) in [6.07, 6.45) is 1.72. The molecule has 1 saturated heterocycles. The third-order valence-electron chi connectivity index (χ3n) is 3.93. The van der Waals surface area contributed by atoms with Crippen molar-refractivity contribution in [2.75, 3.05) is 18.6 Å². The van der Waals surface area contributed by atoms with Gasteiger partial charge in [-0.25, -0.2) is 0 Å². The standard InChI is InChI=1S/C19H15IN2O5S2/c1-3-27-17-14(20)7-11(8-15(17)26-2)9-16-18(23)21(19(28)29-16)12-5-4-6-13(10-12)22(24)25/h4-10H,3H2,1-2H3/b16-9-. The van der Waals surface area contributed by atoms with Gasteiger partial charge in [0.15, 0.2) is 15.8 Å². The molecule has 0 unspecified atom stereocenters. The molecule has 1 fully saturated rings. The molecule has 10 heteroatoms. The van der Waals surface area contributed by atoms with Crippen molar-refractivity contribution in [2.45, 2.75) is 6.92 Å². The average molecular weight is 542 g/mol. The number of rotatable bonds is 6. The van der Waals surface area contributed by atoms with Crippen LogP contribution >= 0.6 is 46.6 Å². The number of nitro benzene ring substituents is 1. The Balaban J connectivity index is 1.95. The molecule has 1 aliphatic rings. The molecule has 0 saturated carbocycles. The van der Waals surface area contributed by atoms with Crippen LogP contribution < -0.4 is 14.4 Å². The number of methoxy groups -OCH3 is 1. The van der Waals surface area contributed by atoms with Gasteiger partial charge in [-0.05, 0) is 59.4 Å². The molecule has 1 heterocycles. The summed E-state index contributed by atoms with van der Waals surface area (Å²) in [5.41, 5.74) is 1.02. The van der Waals surface area contributed by atoms with Crippen molar-refractivity contribution in [3.05, 3.63) is 60.6 Å². The number of thioether (sulfide) groups is 1. The zero-order valence-corrected chi connectivity index (χ0v) is 19.2. The van der Waals surface area contributed by atoms with Gasteiger partial charge in [0.2, 0.25) is 0 Å². The Kier molecular flexibility index (Phi) is 6.75. The Bertz CT molecular complexity index is 1040. The van der Waals surface area contributed by atoms with Crippen LogP contribution in [0, 0.1) is 13.7 Å². The van der Waals surface area contributed by atoms with Crippen LogP contribution in [0.5, 0.6) is 11.5 Å². The van der Waals surface area contributed by atoms with Gasteiger partial charge in [0.05, 0.1) is 32.8 Å². The van der Waals surface area contributed by atoms with Crippen LogP contribution in [-0.2, 0) is 4.79 Å². The molecule has 7 nitrogen and oxygen atoms in total. The number of benzene rings is 2. The first-order chi connectivity index (χ1) is 13.8. The number of nitrogens with zero attached hydrogens (tertiary/aromatic N) is 2. The van der Waals surface area contributed by atoms with E-state index in [0.29, 0.717) is 33.0 Å². The highest BCUT2D eigenvalue weighted by Crippen LogP contribution is 2.39. The maximum absolute atomic E-state index is 12.9. The summed E-state index contributed by atoms with van der Waals surface area (Å²) in [7, 11) is 1.56. The first-order valence-electron chi connectivity index (χ1n) is 8.38. The minimum Gasteiger partial charge on any atom is -0.493 e. The summed E-state index contributed by atoms with van der Waals surface area (Å²) in [4.78, 5) is 25.2. The third-order valence-corrected chi connectivity index (χ3v) is 6.03. The summed E-state index contributed by atoms with van der Waals surface area (Å²) in [5, 5.41) is 11.0. The fraction of sp³-hybridized carbons (Fsp3) is 0.158. The smallest absolute Gasteiger partial charge is 0.271 e. The lowest BCUT2D eigenvalue weighted by atomic mass is 10.1. The molecule has 150 valence electrons. The van der Waals surface area contributed by atoms with Crippen LogP contribution in [0.4, 0.5) is 11.4 Å². The molecule has 0 bridgehead atoms. The number of amides is 1. The third kappa shape index (κ3) is 4.54. The SMILES string of the molecule is CCOc1c(I)cc(/C=C2\SC(=S)N(c3cccc([N+](=O)[O-])c3)C2=O)cc1OC. The topological polar surface area (TPSA) is 81.9 Å². The van der Waals surface area contributed by atoms with Gasteiger partial charge in [0.1, 0.15) is 0 Å². The van der Waals surface area contributed by atoms with E-state index in [4.69, 9.17) is 21.7 Å². The molecule has 1 amide bonds. The zero-order chi connectivity index (χ0) is 21.1. The van der Waals surface area contributed by atoms with E-state index in [1.807, 2.05) is 13.0 Å². The van der Waals surface area contributed by atoms with Crippen molar-refractivity contribution in [1.82, 2.24) is 0 Å². The van der Waals surface area contributed by atoms with Gasteiger partial charge in [0.25, 0.3) is 11.6 Å². The summed E-state index contributed by atoms with van der Waals surface area (Å²) < 4.78 is 12.2. The lowest BCUT2D eigenvalue weighted by Gasteiger charge is -2.14. The van der Waals surface area contributed by atoms with Crippen molar-refractivity contribution < 1.29 is 19.2 Å². The molecule has 2 aromatic carbocycles. The van der Waals surface area contributed by atoms with Crippen LogP contribution in [0.25, 0.3) is 6.08 Å². The number of non-ortho nitro benzene ring substituents is 1. The van der Waals surface area contributed by atoms with Gasteiger partial charge in [-0.15, -0.1) is 0 Å². The van der Waals surface area contributed by atoms with Crippen LogP contribution in [0.1, 0.15) is 12.5 Å². The van der Waals surface area contributed by atoms with Crippen molar-refractivity contribution in [1.29, 1.82) is 0 Å². The molecule has 0 radical (unpaired) electrons. The van der Waals surface area contributed by atoms with Crippen molar-refractivity contribution in [3.8, 4) is 11.5 Å². The summed E-state index contributed by atoms with van der Waals surface area (Å²) in [6.45, 7) is 2.40. The molecule has 2 aromatic rings. The van der Waals surface area contributed by atoms with Crippen LogP contribution in [0.3, 0.4) is 0 Å². The Morgan fingerprint density at radius 2 is 2.10 bits per heavy atom. The van der Waals surface area contributed by atoms with E-state index >= 15 is 0 Å². The van der Waals surface area contributed by atoms with Gasteiger partial charge in [-0.1, -0.05) is 30.0 Å². The van der Waals surface area contributed by atoms with Crippen molar-refractivity contribution in [2.24, 2.45) is 0 Å². The molecule has 1 aliphatic heterocycles. The molecule has 0 atom stereocenters. The minimum absolute atomic E-state index is 0.105. The fourth-order valence-electron chi connectivity index (χ4n) is 2.69. The summed E-state index contributed by atoms with van der Waals surface area (Å²) in [6, 6.07) is 9.50. The Labute approximate surface area is 190 Å². The predicted octanol–water partition coefficient (Wildman–Crippen LogP) is 5.01. The van der Waals surface area contributed by atoms with Crippen molar-refractivity contribution >= 4 is 74.2 Å². The number of halogens is 1. The summed E-state index contributed by atoms with van der Waals surface area (Å²) in [5.74, 6) is 0.888. The highest BCUT2D eigenvalue weighted by molar-refractivity contribution is 14.1. The number of ether oxygens (including phenoxy) is 2.